The van der Waals surface area contributed by atoms with Crippen LogP contribution in [-0.4, -0.2) is 25.5 Å². The Morgan fingerprint density at radius 1 is 1.05 bits per heavy atom. The molecule has 9 heteroatoms. The molecule has 1 aromatic rings. The molecule has 1 fully saturated rings. The van der Waals surface area contributed by atoms with E-state index >= 15 is 0 Å². The molecule has 2 rings (SSSR count). The third-order valence-electron chi connectivity index (χ3n) is 3.27. The molecular weight excluding hydrogens is 314 g/mol. The average Bonchev–Trinajstić information content (AvgIpc) is 2.34. The van der Waals surface area contributed by atoms with E-state index in [4.69, 9.17) is 0 Å². The summed E-state index contributed by atoms with van der Waals surface area (Å²) in [4.78, 5) is 11.8. The Bertz CT molecular complexity index is 530. The van der Waals surface area contributed by atoms with E-state index in [9.17, 15) is 31.1 Å². The van der Waals surface area contributed by atoms with Crippen molar-refractivity contribution in [3.05, 3.63) is 34.9 Å². The molecule has 0 radical (unpaired) electrons. The van der Waals surface area contributed by atoms with Gasteiger partial charge in [-0.25, -0.2) is 0 Å². The molecule has 3 nitrogen and oxygen atoms in total. The van der Waals surface area contributed by atoms with E-state index < -0.39 is 35.0 Å². The summed E-state index contributed by atoms with van der Waals surface area (Å²) in [6.07, 6.45) is -9.93. The molecule has 0 spiro atoms. The van der Waals surface area contributed by atoms with Gasteiger partial charge in [0.2, 0.25) is 0 Å². The normalized spacial score (nSPS) is 16.3. The molecule has 1 heterocycles. The maximum absolute atomic E-state index is 12.7. The van der Waals surface area contributed by atoms with E-state index in [1.807, 2.05) is 0 Å². The molecule has 0 saturated carbocycles. The molecule has 0 unspecified atom stereocenters. The van der Waals surface area contributed by atoms with Crippen molar-refractivity contribution in [2.24, 2.45) is 5.92 Å². The number of rotatable bonds is 3. The van der Waals surface area contributed by atoms with Crippen LogP contribution in [0.1, 0.15) is 21.5 Å². The van der Waals surface area contributed by atoms with Crippen molar-refractivity contribution in [1.82, 2.24) is 10.6 Å². The SMILES string of the molecule is O=C(NCC1CNC1)c1cc(C(F)(F)F)cc(C(F)(F)F)c1. The van der Waals surface area contributed by atoms with Crippen molar-refractivity contribution >= 4 is 5.91 Å². The first-order valence-electron chi connectivity index (χ1n) is 6.36. The van der Waals surface area contributed by atoms with Gasteiger partial charge < -0.3 is 10.6 Å². The lowest BCUT2D eigenvalue weighted by atomic mass is 10.0. The van der Waals surface area contributed by atoms with Crippen LogP contribution in [0.5, 0.6) is 0 Å². The first kappa shape index (κ1) is 16.6. The number of carbonyl (C=O) groups excluding carboxylic acids is 1. The van der Waals surface area contributed by atoms with Gasteiger partial charge in [-0.1, -0.05) is 0 Å². The Hall–Kier alpha value is -1.77. The molecule has 1 aliphatic rings. The first-order valence-corrected chi connectivity index (χ1v) is 6.36. The quantitative estimate of drug-likeness (QED) is 0.839. The van der Waals surface area contributed by atoms with Gasteiger partial charge >= 0.3 is 12.4 Å². The zero-order valence-corrected chi connectivity index (χ0v) is 11.1. The lowest BCUT2D eigenvalue weighted by molar-refractivity contribution is -0.143. The number of hydrogen-bond donors (Lipinski definition) is 2. The van der Waals surface area contributed by atoms with Crippen molar-refractivity contribution in [3.63, 3.8) is 0 Å². The fourth-order valence-electron chi connectivity index (χ4n) is 1.92. The summed E-state index contributed by atoms with van der Waals surface area (Å²) in [6, 6.07) is 0.833. The highest BCUT2D eigenvalue weighted by Gasteiger charge is 2.37. The second-order valence-electron chi connectivity index (χ2n) is 5.03. The van der Waals surface area contributed by atoms with Crippen molar-refractivity contribution in [3.8, 4) is 0 Å². The summed E-state index contributed by atoms with van der Waals surface area (Å²) in [6.45, 7) is 1.50. The Kier molecular flexibility index (Phi) is 4.37. The lowest BCUT2D eigenvalue weighted by Gasteiger charge is -2.27. The maximum Gasteiger partial charge on any atom is 0.416 e. The van der Waals surface area contributed by atoms with Crippen molar-refractivity contribution < 1.29 is 31.1 Å². The largest absolute Gasteiger partial charge is 0.416 e. The predicted molar refractivity (Wildman–Crippen MR) is 65.1 cm³/mol. The van der Waals surface area contributed by atoms with E-state index in [1.165, 1.54) is 0 Å². The highest BCUT2D eigenvalue weighted by molar-refractivity contribution is 5.94. The number of carbonyl (C=O) groups is 1. The number of hydrogen-bond acceptors (Lipinski definition) is 2. The third kappa shape index (κ3) is 3.90. The van der Waals surface area contributed by atoms with Gasteiger partial charge in [-0.05, 0) is 18.2 Å². The fourth-order valence-corrected chi connectivity index (χ4v) is 1.92. The summed E-state index contributed by atoms with van der Waals surface area (Å²) < 4.78 is 76.0. The topological polar surface area (TPSA) is 41.1 Å². The molecule has 1 aliphatic heterocycles. The molecule has 122 valence electrons. The molecular formula is C13H12F6N2O. The smallest absolute Gasteiger partial charge is 0.352 e. The van der Waals surface area contributed by atoms with Gasteiger partial charge in [0.05, 0.1) is 11.1 Å². The first-order chi connectivity index (χ1) is 10.1. The van der Waals surface area contributed by atoms with Crippen molar-refractivity contribution in [2.75, 3.05) is 19.6 Å². The monoisotopic (exact) mass is 326 g/mol. The molecule has 1 amide bonds. The van der Waals surface area contributed by atoms with Crippen LogP contribution in [0.25, 0.3) is 0 Å². The Morgan fingerprint density at radius 3 is 1.91 bits per heavy atom. The summed E-state index contributed by atoms with van der Waals surface area (Å²) >= 11 is 0. The molecule has 0 aromatic heterocycles. The minimum Gasteiger partial charge on any atom is -0.352 e. The lowest BCUT2D eigenvalue weighted by Crippen LogP contribution is -2.48. The number of amides is 1. The van der Waals surface area contributed by atoms with Crippen LogP contribution in [0.3, 0.4) is 0 Å². The maximum atomic E-state index is 12.7. The van der Waals surface area contributed by atoms with Crippen LogP contribution < -0.4 is 10.6 Å². The summed E-state index contributed by atoms with van der Waals surface area (Å²) in [5, 5.41) is 5.28. The summed E-state index contributed by atoms with van der Waals surface area (Å²) in [7, 11) is 0. The van der Waals surface area contributed by atoms with Gasteiger partial charge in [-0.15, -0.1) is 0 Å². The second kappa shape index (κ2) is 5.79. The minimum atomic E-state index is -4.96. The van der Waals surface area contributed by atoms with Gasteiger partial charge in [-0.2, -0.15) is 26.3 Å². The van der Waals surface area contributed by atoms with E-state index in [0.29, 0.717) is 25.2 Å². The molecule has 2 N–H and O–H groups in total. The molecule has 0 aliphatic carbocycles. The van der Waals surface area contributed by atoms with Crippen molar-refractivity contribution in [2.45, 2.75) is 12.4 Å². The number of alkyl halides is 6. The van der Waals surface area contributed by atoms with Crippen molar-refractivity contribution in [1.29, 1.82) is 0 Å². The van der Waals surface area contributed by atoms with Gasteiger partial charge in [0.1, 0.15) is 0 Å². The minimum absolute atomic E-state index is 0.00731. The molecule has 22 heavy (non-hydrogen) atoms. The van der Waals surface area contributed by atoms with E-state index in [0.717, 1.165) is 0 Å². The van der Waals surface area contributed by atoms with Crippen LogP contribution in [0.15, 0.2) is 18.2 Å². The van der Waals surface area contributed by atoms with Gasteiger partial charge in [0.15, 0.2) is 0 Å². The zero-order chi connectivity index (χ0) is 16.5. The number of halogens is 6. The third-order valence-corrected chi connectivity index (χ3v) is 3.27. The van der Waals surface area contributed by atoms with Gasteiger partial charge in [0.25, 0.3) is 5.91 Å². The van der Waals surface area contributed by atoms with Gasteiger partial charge in [-0.3, -0.25) is 4.79 Å². The highest BCUT2D eigenvalue weighted by atomic mass is 19.4. The summed E-state index contributed by atoms with van der Waals surface area (Å²) in [5.74, 6) is -0.819. The van der Waals surface area contributed by atoms with E-state index in [2.05, 4.69) is 10.6 Å². The van der Waals surface area contributed by atoms with Crippen LogP contribution in [0.4, 0.5) is 26.3 Å². The average molecular weight is 326 g/mol. The fraction of sp³-hybridized carbons (Fsp3) is 0.462. The summed E-state index contributed by atoms with van der Waals surface area (Å²) in [5.41, 5.74) is -3.66. The standard InChI is InChI=1S/C13H12F6N2O/c14-12(15,16)9-1-8(2-10(3-9)13(17,18)19)11(22)21-6-7-4-20-5-7/h1-3,7,20H,4-6H2,(H,21,22). The van der Waals surface area contributed by atoms with E-state index in [-0.39, 0.29) is 18.5 Å². The molecule has 1 saturated heterocycles. The molecule has 0 bridgehead atoms. The second-order valence-corrected chi connectivity index (χ2v) is 5.03. The van der Waals surface area contributed by atoms with Crippen LogP contribution in [-0.2, 0) is 12.4 Å². The Labute approximate surface area is 121 Å². The Balaban J connectivity index is 2.26. The Morgan fingerprint density at radius 2 is 1.55 bits per heavy atom. The van der Waals surface area contributed by atoms with Crippen LogP contribution >= 0.6 is 0 Å². The van der Waals surface area contributed by atoms with Crippen LogP contribution in [0.2, 0.25) is 0 Å². The van der Waals surface area contributed by atoms with Crippen LogP contribution in [0, 0.1) is 5.92 Å². The predicted octanol–water partition coefficient (Wildman–Crippen LogP) is 2.67. The van der Waals surface area contributed by atoms with E-state index in [1.54, 1.807) is 0 Å². The highest BCUT2D eigenvalue weighted by Crippen LogP contribution is 2.36. The molecule has 1 aromatic carbocycles. The number of benzene rings is 1. The molecule has 0 atom stereocenters. The zero-order valence-electron chi connectivity index (χ0n) is 11.1. The van der Waals surface area contributed by atoms with Gasteiger partial charge in [0, 0.05) is 31.1 Å². The number of nitrogens with one attached hydrogen (secondary N) is 2.